The Balaban J connectivity index is 1.87. The molecule has 9 heteroatoms. The molecule has 1 aromatic rings. The topological polar surface area (TPSA) is 82.1 Å². The third-order valence-corrected chi connectivity index (χ3v) is 5.19. The highest BCUT2D eigenvalue weighted by molar-refractivity contribution is 9.10. The van der Waals surface area contributed by atoms with Crippen LogP contribution < -0.4 is 9.47 Å². The van der Waals surface area contributed by atoms with Gasteiger partial charge in [0.05, 0.1) is 11.5 Å². The quantitative estimate of drug-likeness (QED) is 0.538. The van der Waals surface area contributed by atoms with Gasteiger partial charge in [0, 0.05) is 4.47 Å². The number of fused-ring (bicyclic) bond motifs is 1. The minimum absolute atomic E-state index is 0.138. The third kappa shape index (κ3) is 3.38. The number of nitrogens with zero attached hydrogens (tertiary/aromatic N) is 1. The molecule has 1 fully saturated rings. The Morgan fingerprint density at radius 2 is 2.08 bits per heavy atom. The van der Waals surface area contributed by atoms with Crippen LogP contribution in [0.5, 0.6) is 11.5 Å². The minimum atomic E-state index is -0.974. The largest absolute Gasteiger partial charge is 0.464 e. The van der Waals surface area contributed by atoms with E-state index in [1.165, 1.54) is 6.92 Å². The predicted molar refractivity (Wildman–Crippen MR) is 94.2 cm³/mol. The number of ether oxygens (including phenoxy) is 3. The van der Waals surface area contributed by atoms with E-state index in [0.29, 0.717) is 21.5 Å². The van der Waals surface area contributed by atoms with Crippen LogP contribution in [0.2, 0.25) is 0 Å². The van der Waals surface area contributed by atoms with E-state index in [-0.39, 0.29) is 18.3 Å². The summed E-state index contributed by atoms with van der Waals surface area (Å²) in [7, 11) is 0. The summed E-state index contributed by atoms with van der Waals surface area (Å²) in [6, 6.07) is 2.48. The van der Waals surface area contributed by atoms with Crippen LogP contribution >= 0.6 is 27.7 Å². The summed E-state index contributed by atoms with van der Waals surface area (Å²) in [6.45, 7) is 3.45. The molecular weight excluding hydrogens is 414 g/mol. The molecule has 2 heterocycles. The van der Waals surface area contributed by atoms with Crippen molar-refractivity contribution in [2.75, 3.05) is 13.4 Å². The van der Waals surface area contributed by atoms with Crippen LogP contribution in [-0.4, -0.2) is 41.5 Å². The highest BCUT2D eigenvalue weighted by Gasteiger charge is 2.41. The van der Waals surface area contributed by atoms with E-state index < -0.39 is 23.2 Å². The first-order valence-electron chi connectivity index (χ1n) is 7.45. The second kappa shape index (κ2) is 7.09. The van der Waals surface area contributed by atoms with Crippen molar-refractivity contribution < 1.29 is 28.6 Å². The number of carbonyl (C=O) groups excluding carboxylic acids is 3. The van der Waals surface area contributed by atoms with Crippen LogP contribution in [0.1, 0.15) is 19.4 Å². The van der Waals surface area contributed by atoms with Crippen molar-refractivity contribution in [3.8, 4) is 11.5 Å². The summed E-state index contributed by atoms with van der Waals surface area (Å²) in [5, 5.41) is -0.506. The Labute approximate surface area is 156 Å². The van der Waals surface area contributed by atoms with Crippen molar-refractivity contribution in [1.29, 1.82) is 0 Å². The molecule has 132 valence electrons. The normalized spacial score (nSPS) is 18.8. The lowest BCUT2D eigenvalue weighted by Gasteiger charge is -2.19. The standard InChI is InChI=1S/C16H14BrNO6S/c1-3-22-15(20)8(2)18-14(19)13(25-16(18)21)5-9-4-11-12(6-10(9)17)24-7-23-11/h4-6,8H,3,7H2,1-2H3/b13-5-/t8-/m0/s1. The van der Waals surface area contributed by atoms with Gasteiger partial charge >= 0.3 is 5.97 Å². The summed E-state index contributed by atoms with van der Waals surface area (Å²) in [4.78, 5) is 37.7. The van der Waals surface area contributed by atoms with Crippen molar-refractivity contribution in [1.82, 2.24) is 4.90 Å². The van der Waals surface area contributed by atoms with Crippen LogP contribution in [-0.2, 0) is 14.3 Å². The summed E-state index contributed by atoms with van der Waals surface area (Å²) in [5.74, 6) is 0.0251. The number of amides is 2. The Morgan fingerprint density at radius 3 is 2.76 bits per heavy atom. The Bertz CT molecular complexity index is 793. The van der Waals surface area contributed by atoms with Gasteiger partial charge in [-0.05, 0) is 49.4 Å². The van der Waals surface area contributed by atoms with Crippen molar-refractivity contribution >= 4 is 50.9 Å². The molecule has 2 aliphatic rings. The van der Waals surface area contributed by atoms with Gasteiger partial charge in [-0.1, -0.05) is 15.9 Å². The highest BCUT2D eigenvalue weighted by Crippen LogP contribution is 2.40. The van der Waals surface area contributed by atoms with Crippen LogP contribution in [0.25, 0.3) is 6.08 Å². The van der Waals surface area contributed by atoms with E-state index in [2.05, 4.69) is 15.9 Å². The summed E-state index contributed by atoms with van der Waals surface area (Å²) < 4.78 is 16.2. The molecule has 0 spiro atoms. The van der Waals surface area contributed by atoms with Gasteiger partial charge in [0.15, 0.2) is 11.5 Å². The lowest BCUT2D eigenvalue weighted by atomic mass is 10.2. The molecule has 7 nitrogen and oxygen atoms in total. The van der Waals surface area contributed by atoms with Gasteiger partial charge in [-0.2, -0.15) is 0 Å². The van der Waals surface area contributed by atoms with Gasteiger partial charge in [0.25, 0.3) is 11.1 Å². The second-order valence-electron chi connectivity index (χ2n) is 5.21. The zero-order valence-electron chi connectivity index (χ0n) is 13.4. The lowest BCUT2D eigenvalue weighted by molar-refractivity contribution is -0.150. The monoisotopic (exact) mass is 427 g/mol. The van der Waals surface area contributed by atoms with E-state index in [9.17, 15) is 14.4 Å². The van der Waals surface area contributed by atoms with Crippen LogP contribution in [0.3, 0.4) is 0 Å². The summed E-state index contributed by atoms with van der Waals surface area (Å²) >= 11 is 4.19. The molecule has 0 saturated carbocycles. The average molecular weight is 428 g/mol. The molecule has 0 N–H and O–H groups in total. The van der Waals surface area contributed by atoms with Crippen LogP contribution in [0.15, 0.2) is 21.5 Å². The van der Waals surface area contributed by atoms with E-state index >= 15 is 0 Å². The van der Waals surface area contributed by atoms with Gasteiger partial charge in [-0.25, -0.2) is 4.79 Å². The lowest BCUT2D eigenvalue weighted by Crippen LogP contribution is -2.42. The molecule has 0 unspecified atom stereocenters. The maximum atomic E-state index is 12.6. The first kappa shape index (κ1) is 17.8. The fourth-order valence-electron chi connectivity index (χ4n) is 2.37. The zero-order valence-corrected chi connectivity index (χ0v) is 15.8. The first-order chi connectivity index (χ1) is 11.9. The predicted octanol–water partition coefficient (Wildman–Crippen LogP) is 3.17. The smallest absolute Gasteiger partial charge is 0.329 e. The third-order valence-electron chi connectivity index (χ3n) is 3.62. The molecule has 1 aromatic carbocycles. The molecule has 1 atom stereocenters. The number of thioether (sulfide) groups is 1. The number of carbonyl (C=O) groups is 3. The van der Waals surface area contributed by atoms with E-state index in [1.54, 1.807) is 25.1 Å². The average Bonchev–Trinajstić information content (AvgIpc) is 3.11. The van der Waals surface area contributed by atoms with Crippen LogP contribution in [0.4, 0.5) is 4.79 Å². The number of halogens is 1. The second-order valence-corrected chi connectivity index (χ2v) is 7.05. The maximum absolute atomic E-state index is 12.6. The SMILES string of the molecule is CCOC(=O)[C@H](C)N1C(=O)S/C(=C\c2cc3c(cc2Br)OCO3)C1=O. The molecule has 0 aromatic heterocycles. The summed E-state index contributed by atoms with van der Waals surface area (Å²) in [5.41, 5.74) is 0.665. The Kier molecular flexibility index (Phi) is 5.05. The minimum Gasteiger partial charge on any atom is -0.464 e. The van der Waals surface area contributed by atoms with Crippen molar-refractivity contribution in [3.63, 3.8) is 0 Å². The van der Waals surface area contributed by atoms with Gasteiger partial charge < -0.3 is 14.2 Å². The van der Waals surface area contributed by atoms with E-state index in [1.807, 2.05) is 0 Å². The number of imide groups is 1. The Hall–Kier alpha value is -2.00. The molecule has 2 aliphatic heterocycles. The molecule has 0 radical (unpaired) electrons. The molecule has 1 saturated heterocycles. The molecular formula is C16H14BrNO6S. The van der Waals surface area contributed by atoms with Crippen molar-refractivity contribution in [2.24, 2.45) is 0 Å². The molecule has 2 amide bonds. The molecule has 3 rings (SSSR count). The molecule has 25 heavy (non-hydrogen) atoms. The highest BCUT2D eigenvalue weighted by atomic mass is 79.9. The number of esters is 1. The first-order valence-corrected chi connectivity index (χ1v) is 9.06. The van der Waals surface area contributed by atoms with Crippen LogP contribution in [0, 0.1) is 0 Å². The molecule has 0 aliphatic carbocycles. The maximum Gasteiger partial charge on any atom is 0.329 e. The van der Waals surface area contributed by atoms with E-state index in [4.69, 9.17) is 14.2 Å². The van der Waals surface area contributed by atoms with Crippen molar-refractivity contribution in [2.45, 2.75) is 19.9 Å². The summed E-state index contributed by atoms with van der Waals surface area (Å²) in [6.07, 6.45) is 1.58. The van der Waals surface area contributed by atoms with Gasteiger partial charge in [-0.15, -0.1) is 0 Å². The zero-order chi connectivity index (χ0) is 18.1. The Morgan fingerprint density at radius 1 is 1.40 bits per heavy atom. The van der Waals surface area contributed by atoms with Crippen molar-refractivity contribution in [3.05, 3.63) is 27.1 Å². The number of hydrogen-bond acceptors (Lipinski definition) is 7. The van der Waals surface area contributed by atoms with Gasteiger partial charge in [0.2, 0.25) is 6.79 Å². The molecule has 0 bridgehead atoms. The number of hydrogen-bond donors (Lipinski definition) is 0. The van der Waals surface area contributed by atoms with Gasteiger partial charge in [0.1, 0.15) is 6.04 Å². The van der Waals surface area contributed by atoms with Gasteiger partial charge in [-0.3, -0.25) is 14.5 Å². The fraction of sp³-hybridized carbons (Fsp3) is 0.312. The van der Waals surface area contributed by atoms with E-state index in [0.717, 1.165) is 16.7 Å². The number of rotatable bonds is 4. The fourth-order valence-corrected chi connectivity index (χ4v) is 3.70. The number of benzene rings is 1.